The van der Waals surface area contributed by atoms with E-state index < -0.39 is 0 Å². The van der Waals surface area contributed by atoms with Gasteiger partial charge < -0.3 is 15.2 Å². The van der Waals surface area contributed by atoms with Crippen molar-refractivity contribution in [3.63, 3.8) is 0 Å². The van der Waals surface area contributed by atoms with Crippen LogP contribution < -0.4 is 10.1 Å². The number of ether oxygens (including phenoxy) is 1. The van der Waals surface area contributed by atoms with E-state index in [-0.39, 0.29) is 12.6 Å². The molecule has 0 radical (unpaired) electrons. The summed E-state index contributed by atoms with van der Waals surface area (Å²) in [7, 11) is 1.56. The summed E-state index contributed by atoms with van der Waals surface area (Å²) in [4.78, 5) is 0. The van der Waals surface area contributed by atoms with Crippen LogP contribution in [-0.2, 0) is 6.54 Å². The van der Waals surface area contributed by atoms with Crippen LogP contribution in [0, 0.1) is 11.3 Å². The molecule has 0 aliphatic heterocycles. The van der Waals surface area contributed by atoms with Gasteiger partial charge in [-0.25, -0.2) is 0 Å². The number of nitriles is 1. The van der Waals surface area contributed by atoms with Gasteiger partial charge >= 0.3 is 0 Å². The molecule has 114 valence electrons. The molecule has 0 saturated carbocycles. The summed E-state index contributed by atoms with van der Waals surface area (Å²) in [6.45, 7) is 0.747. The molecule has 2 aromatic rings. The van der Waals surface area contributed by atoms with Crippen LogP contribution in [0.3, 0.4) is 0 Å². The first-order valence-corrected chi connectivity index (χ1v) is 7.24. The van der Waals surface area contributed by atoms with Crippen molar-refractivity contribution in [3.8, 4) is 11.8 Å². The topological polar surface area (TPSA) is 65.3 Å². The number of rotatable bonds is 7. The summed E-state index contributed by atoms with van der Waals surface area (Å²) in [5.41, 5.74) is 2.68. The molecule has 0 spiro atoms. The highest BCUT2D eigenvalue weighted by Crippen LogP contribution is 2.20. The van der Waals surface area contributed by atoms with Crippen molar-refractivity contribution in [2.45, 2.75) is 19.0 Å². The predicted molar refractivity (Wildman–Crippen MR) is 85.4 cm³/mol. The molecule has 0 bridgehead atoms. The normalized spacial score (nSPS) is 11.7. The largest absolute Gasteiger partial charge is 0.495 e. The minimum absolute atomic E-state index is 0.0823. The van der Waals surface area contributed by atoms with E-state index >= 15 is 0 Å². The van der Waals surface area contributed by atoms with Gasteiger partial charge in [-0.3, -0.25) is 0 Å². The van der Waals surface area contributed by atoms with E-state index in [9.17, 15) is 5.11 Å². The van der Waals surface area contributed by atoms with Gasteiger partial charge in [-0.2, -0.15) is 5.26 Å². The van der Waals surface area contributed by atoms with Crippen molar-refractivity contribution >= 4 is 0 Å². The van der Waals surface area contributed by atoms with Crippen LogP contribution >= 0.6 is 0 Å². The summed E-state index contributed by atoms with van der Waals surface area (Å²) in [6.07, 6.45) is 0.644. The smallest absolute Gasteiger partial charge is 0.136 e. The van der Waals surface area contributed by atoms with Crippen LogP contribution in [0.15, 0.2) is 48.5 Å². The third-order valence-electron chi connectivity index (χ3n) is 3.56. The fourth-order valence-electron chi connectivity index (χ4n) is 2.39. The third kappa shape index (κ3) is 4.08. The second-order valence-corrected chi connectivity index (χ2v) is 5.00. The molecule has 0 amide bonds. The van der Waals surface area contributed by atoms with E-state index in [1.165, 1.54) is 0 Å². The number of hydrogen-bond acceptors (Lipinski definition) is 4. The zero-order chi connectivity index (χ0) is 15.8. The SMILES string of the molecule is COc1ccc(CN[C@H](CCO)c2ccccc2)cc1C#N. The Hall–Kier alpha value is -2.35. The Balaban J connectivity index is 2.08. The van der Waals surface area contributed by atoms with E-state index in [4.69, 9.17) is 10.00 Å². The number of nitrogens with zero attached hydrogens (tertiary/aromatic N) is 1. The van der Waals surface area contributed by atoms with Gasteiger partial charge in [0.2, 0.25) is 0 Å². The number of nitrogens with one attached hydrogen (secondary N) is 1. The van der Waals surface area contributed by atoms with E-state index in [0.717, 1.165) is 11.1 Å². The van der Waals surface area contributed by atoms with Crippen LogP contribution in [0.5, 0.6) is 5.75 Å². The maximum absolute atomic E-state index is 9.25. The minimum atomic E-state index is 0.0823. The lowest BCUT2D eigenvalue weighted by atomic mass is 10.0. The van der Waals surface area contributed by atoms with Gasteiger partial charge in [0.25, 0.3) is 0 Å². The summed E-state index contributed by atoms with van der Waals surface area (Å²) in [5, 5.41) is 21.8. The average Bonchev–Trinajstić information content (AvgIpc) is 2.59. The molecule has 0 fully saturated rings. The van der Waals surface area contributed by atoms with Gasteiger partial charge in [0.1, 0.15) is 11.8 Å². The molecule has 2 N–H and O–H groups in total. The molecule has 1 atom stereocenters. The zero-order valence-corrected chi connectivity index (χ0v) is 12.6. The molecule has 0 unspecified atom stereocenters. The molecule has 2 rings (SSSR count). The summed E-state index contributed by atoms with van der Waals surface area (Å²) in [6, 6.07) is 17.8. The first-order chi connectivity index (χ1) is 10.8. The lowest BCUT2D eigenvalue weighted by molar-refractivity contribution is 0.265. The van der Waals surface area contributed by atoms with E-state index in [0.29, 0.717) is 24.3 Å². The van der Waals surface area contributed by atoms with Crippen molar-refractivity contribution < 1.29 is 9.84 Å². The standard InChI is InChI=1S/C18H20N2O2/c1-22-18-8-7-14(11-16(18)12-19)13-20-17(9-10-21)15-5-3-2-4-6-15/h2-8,11,17,20-21H,9-10,13H2,1H3/t17-/m1/s1. The van der Waals surface area contributed by atoms with Gasteiger partial charge in [0, 0.05) is 19.2 Å². The van der Waals surface area contributed by atoms with E-state index in [2.05, 4.69) is 11.4 Å². The molecule has 0 aliphatic carbocycles. The zero-order valence-electron chi connectivity index (χ0n) is 12.6. The molecule has 22 heavy (non-hydrogen) atoms. The highest BCUT2D eigenvalue weighted by Gasteiger charge is 2.11. The van der Waals surface area contributed by atoms with Crippen LogP contribution in [0.25, 0.3) is 0 Å². The second-order valence-electron chi connectivity index (χ2n) is 5.00. The first kappa shape index (κ1) is 16.0. The first-order valence-electron chi connectivity index (χ1n) is 7.24. The average molecular weight is 296 g/mol. The fraction of sp³-hybridized carbons (Fsp3) is 0.278. The molecular formula is C18H20N2O2. The van der Waals surface area contributed by atoms with Gasteiger partial charge in [-0.15, -0.1) is 0 Å². The highest BCUT2D eigenvalue weighted by atomic mass is 16.5. The number of aliphatic hydroxyl groups is 1. The molecule has 0 aromatic heterocycles. The molecule has 0 aliphatic rings. The summed E-state index contributed by atoms with van der Waals surface area (Å²) < 4.78 is 5.15. The number of aliphatic hydroxyl groups excluding tert-OH is 1. The van der Waals surface area contributed by atoms with Crippen molar-refractivity contribution in [1.29, 1.82) is 5.26 Å². The minimum Gasteiger partial charge on any atom is -0.495 e. The lowest BCUT2D eigenvalue weighted by Crippen LogP contribution is -2.22. The molecule has 4 heteroatoms. The number of methoxy groups -OCH3 is 1. The second kappa shape index (κ2) is 8.18. The van der Waals surface area contributed by atoms with Crippen LogP contribution in [-0.4, -0.2) is 18.8 Å². The third-order valence-corrected chi connectivity index (χ3v) is 3.56. The Morgan fingerprint density at radius 3 is 2.64 bits per heavy atom. The molecule has 2 aromatic carbocycles. The van der Waals surface area contributed by atoms with E-state index in [1.54, 1.807) is 13.2 Å². The van der Waals surface area contributed by atoms with Crippen molar-refractivity contribution in [1.82, 2.24) is 5.32 Å². The highest BCUT2D eigenvalue weighted by molar-refractivity contribution is 5.45. The van der Waals surface area contributed by atoms with Crippen LogP contribution in [0.2, 0.25) is 0 Å². The van der Waals surface area contributed by atoms with Crippen LogP contribution in [0.4, 0.5) is 0 Å². The van der Waals surface area contributed by atoms with Crippen LogP contribution in [0.1, 0.15) is 29.2 Å². The van der Waals surface area contributed by atoms with Crippen molar-refractivity contribution in [2.75, 3.05) is 13.7 Å². The van der Waals surface area contributed by atoms with E-state index in [1.807, 2.05) is 42.5 Å². The maximum atomic E-state index is 9.25. The Bertz CT molecular complexity index is 635. The Morgan fingerprint density at radius 2 is 2.00 bits per heavy atom. The quantitative estimate of drug-likeness (QED) is 0.824. The Kier molecular flexibility index (Phi) is 5.96. The summed E-state index contributed by atoms with van der Waals surface area (Å²) >= 11 is 0. The van der Waals surface area contributed by atoms with Gasteiger partial charge in [-0.1, -0.05) is 36.4 Å². The Morgan fingerprint density at radius 1 is 1.23 bits per heavy atom. The molecular weight excluding hydrogens is 276 g/mol. The van der Waals surface area contributed by atoms with Gasteiger partial charge in [0.15, 0.2) is 0 Å². The number of hydrogen-bond donors (Lipinski definition) is 2. The van der Waals surface area contributed by atoms with Gasteiger partial charge in [-0.05, 0) is 29.7 Å². The maximum Gasteiger partial charge on any atom is 0.136 e. The van der Waals surface area contributed by atoms with Gasteiger partial charge in [0.05, 0.1) is 12.7 Å². The lowest BCUT2D eigenvalue weighted by Gasteiger charge is -2.18. The molecule has 0 saturated heterocycles. The Labute approximate surface area is 131 Å². The predicted octanol–water partition coefficient (Wildman–Crippen LogP) is 2.78. The fourth-order valence-corrected chi connectivity index (χ4v) is 2.39. The molecule has 4 nitrogen and oxygen atoms in total. The number of benzene rings is 2. The molecule has 0 heterocycles. The van der Waals surface area contributed by atoms with Crippen molar-refractivity contribution in [2.24, 2.45) is 0 Å². The summed E-state index contributed by atoms with van der Waals surface area (Å²) in [5.74, 6) is 0.584. The monoisotopic (exact) mass is 296 g/mol. The van der Waals surface area contributed by atoms with Crippen molar-refractivity contribution in [3.05, 3.63) is 65.2 Å².